The van der Waals surface area contributed by atoms with E-state index in [9.17, 15) is 9.90 Å². The van der Waals surface area contributed by atoms with Gasteiger partial charge in [-0.15, -0.1) is 0 Å². The molecular formula is C26H23ClF2N2O4. The number of rotatable bonds is 5. The van der Waals surface area contributed by atoms with Crippen molar-refractivity contribution >= 4 is 17.5 Å². The summed E-state index contributed by atoms with van der Waals surface area (Å²) in [5.41, 5.74) is 4.14. The lowest BCUT2D eigenvalue weighted by Gasteiger charge is -2.38. The van der Waals surface area contributed by atoms with Crippen LogP contribution in [0.25, 0.3) is 11.1 Å². The molecule has 3 aromatic rings. The first-order chi connectivity index (χ1) is 16.8. The van der Waals surface area contributed by atoms with Gasteiger partial charge < -0.3 is 25.6 Å². The van der Waals surface area contributed by atoms with Gasteiger partial charge in [0.25, 0.3) is 0 Å². The fourth-order valence-electron chi connectivity index (χ4n) is 5.26. The molecule has 2 aliphatic heterocycles. The molecule has 0 aromatic heterocycles. The van der Waals surface area contributed by atoms with Gasteiger partial charge >= 0.3 is 0 Å². The summed E-state index contributed by atoms with van der Waals surface area (Å²) in [4.78, 5) is 12.3. The zero-order valence-corrected chi connectivity index (χ0v) is 19.5. The van der Waals surface area contributed by atoms with Crippen molar-refractivity contribution in [2.24, 2.45) is 5.73 Å². The summed E-state index contributed by atoms with van der Waals surface area (Å²) in [6.45, 7) is 0.712. The second kappa shape index (κ2) is 8.78. The topological polar surface area (TPSA) is 93.8 Å². The molecule has 4 N–H and O–H groups in total. The van der Waals surface area contributed by atoms with Crippen LogP contribution in [-0.4, -0.2) is 30.7 Å². The second-order valence-electron chi connectivity index (χ2n) is 8.64. The van der Waals surface area contributed by atoms with Gasteiger partial charge in [-0.25, -0.2) is 8.78 Å². The zero-order chi connectivity index (χ0) is 24.9. The maximum atomic E-state index is 15.7. The lowest BCUT2D eigenvalue weighted by atomic mass is 9.78. The van der Waals surface area contributed by atoms with Crippen molar-refractivity contribution in [3.63, 3.8) is 0 Å². The highest BCUT2D eigenvalue weighted by atomic mass is 35.5. The van der Waals surface area contributed by atoms with E-state index in [4.69, 9.17) is 26.8 Å². The minimum Gasteiger partial charge on any atom is -0.494 e. The summed E-state index contributed by atoms with van der Waals surface area (Å²) < 4.78 is 42.3. The molecule has 1 saturated heterocycles. The van der Waals surface area contributed by atoms with Crippen LogP contribution >= 0.6 is 11.6 Å². The van der Waals surface area contributed by atoms with Gasteiger partial charge in [0.2, 0.25) is 5.91 Å². The van der Waals surface area contributed by atoms with E-state index in [1.165, 1.54) is 19.2 Å². The fourth-order valence-corrected chi connectivity index (χ4v) is 5.51. The van der Waals surface area contributed by atoms with E-state index in [1.807, 2.05) is 30.3 Å². The lowest BCUT2D eigenvalue weighted by Crippen LogP contribution is -2.51. The number of nitrogens with one attached hydrogen (secondary N) is 1. The van der Waals surface area contributed by atoms with E-state index in [2.05, 4.69) is 5.32 Å². The van der Waals surface area contributed by atoms with Crippen molar-refractivity contribution in [2.45, 2.75) is 30.6 Å². The Bertz CT molecular complexity index is 1310. The molecule has 3 aromatic carbocycles. The van der Waals surface area contributed by atoms with Crippen molar-refractivity contribution in [1.82, 2.24) is 5.32 Å². The number of fused-ring (bicyclic) bond motifs is 1. The summed E-state index contributed by atoms with van der Waals surface area (Å²) in [5, 5.41) is 14.8. The number of primary amides is 1. The maximum Gasteiger partial charge on any atom is 0.249 e. The first-order valence-electron chi connectivity index (χ1n) is 11.2. The first kappa shape index (κ1) is 23.5. The van der Waals surface area contributed by atoms with Crippen LogP contribution in [0.3, 0.4) is 0 Å². The van der Waals surface area contributed by atoms with Gasteiger partial charge in [0.05, 0.1) is 23.7 Å². The standard InChI is InChI=1S/C26H23ClF2N2O4/c1-34-16-10-9-14(25(30)33)19(23(16)29)21-20-17(12-15(28)22(21)27)35-26(24(20)32,18-8-5-11-31-18)13-6-3-2-4-7-13/h2-4,6-7,9-10,12,18,24,31-32H,5,8,11H2,1H3,(H2,30,33)/t18?,24-,26-/m0/s1. The third kappa shape index (κ3) is 3.47. The molecule has 182 valence electrons. The molecule has 2 heterocycles. The van der Waals surface area contributed by atoms with E-state index in [-0.39, 0.29) is 39.8 Å². The highest BCUT2D eigenvalue weighted by Gasteiger charge is 2.56. The molecule has 0 saturated carbocycles. The van der Waals surface area contributed by atoms with E-state index in [1.54, 1.807) is 0 Å². The van der Waals surface area contributed by atoms with E-state index in [0.29, 0.717) is 18.5 Å². The molecular weight excluding hydrogens is 478 g/mol. The third-order valence-corrected chi connectivity index (χ3v) is 7.19. The minimum absolute atomic E-state index is 0.00425. The quantitative estimate of drug-likeness (QED) is 0.481. The second-order valence-corrected chi connectivity index (χ2v) is 9.02. The monoisotopic (exact) mass is 500 g/mol. The van der Waals surface area contributed by atoms with Crippen molar-refractivity contribution in [3.8, 4) is 22.6 Å². The maximum absolute atomic E-state index is 15.7. The van der Waals surface area contributed by atoms with Crippen LogP contribution in [0.4, 0.5) is 8.78 Å². The van der Waals surface area contributed by atoms with Crippen molar-refractivity contribution in [3.05, 3.63) is 81.9 Å². The largest absolute Gasteiger partial charge is 0.494 e. The van der Waals surface area contributed by atoms with Crippen molar-refractivity contribution in [2.75, 3.05) is 13.7 Å². The number of carbonyl (C=O) groups excluding carboxylic acids is 1. The van der Waals surface area contributed by atoms with Gasteiger partial charge in [-0.1, -0.05) is 41.9 Å². The van der Waals surface area contributed by atoms with Crippen LogP contribution in [-0.2, 0) is 5.60 Å². The number of amides is 1. The molecule has 0 radical (unpaired) electrons. The SMILES string of the molecule is COc1ccc(C(N)=O)c(-c2c(Cl)c(F)cc3c2[C@H](O)[C@](c2ccccc2)(C2CCCN2)O3)c1F. The Labute approximate surface area is 205 Å². The molecule has 0 spiro atoms. The molecule has 0 bridgehead atoms. The molecule has 2 aliphatic rings. The molecule has 0 aliphatic carbocycles. The normalized spacial score (nSPS) is 23.1. The summed E-state index contributed by atoms with van der Waals surface area (Å²) >= 11 is 6.40. The summed E-state index contributed by atoms with van der Waals surface area (Å²) in [6.07, 6.45) is 0.158. The predicted molar refractivity (Wildman–Crippen MR) is 127 cm³/mol. The Balaban J connectivity index is 1.82. The molecule has 9 heteroatoms. The van der Waals surface area contributed by atoms with Crippen LogP contribution in [0.2, 0.25) is 5.02 Å². The number of halogens is 3. The summed E-state index contributed by atoms with van der Waals surface area (Å²) in [7, 11) is 1.26. The number of nitrogens with two attached hydrogens (primary N) is 1. The first-order valence-corrected chi connectivity index (χ1v) is 11.5. The Kier molecular flexibility index (Phi) is 5.91. The minimum atomic E-state index is -1.38. The number of carbonyl (C=O) groups is 1. The number of benzene rings is 3. The molecule has 1 unspecified atom stereocenters. The van der Waals surface area contributed by atoms with E-state index >= 15 is 8.78 Å². The van der Waals surface area contributed by atoms with Crippen molar-refractivity contribution in [1.29, 1.82) is 0 Å². The van der Waals surface area contributed by atoms with Crippen LogP contribution in [0.15, 0.2) is 48.5 Å². The molecule has 35 heavy (non-hydrogen) atoms. The number of aliphatic hydroxyl groups excluding tert-OH is 1. The van der Waals surface area contributed by atoms with E-state index in [0.717, 1.165) is 12.5 Å². The van der Waals surface area contributed by atoms with Gasteiger partial charge in [-0.3, -0.25) is 4.79 Å². The smallest absolute Gasteiger partial charge is 0.249 e. The number of hydrogen-bond acceptors (Lipinski definition) is 5. The number of aliphatic hydroxyl groups is 1. The Morgan fingerprint density at radius 3 is 2.60 bits per heavy atom. The van der Waals surface area contributed by atoms with E-state index < -0.39 is 34.3 Å². The van der Waals surface area contributed by atoms with Gasteiger partial charge in [0.15, 0.2) is 17.2 Å². The van der Waals surface area contributed by atoms with Crippen LogP contribution in [0.1, 0.15) is 40.4 Å². The summed E-state index contributed by atoms with van der Waals surface area (Å²) in [5.74, 6) is -2.99. The molecule has 1 amide bonds. The third-order valence-electron chi connectivity index (χ3n) is 6.83. The molecule has 1 fully saturated rings. The lowest BCUT2D eigenvalue weighted by molar-refractivity contribution is -0.0566. The zero-order valence-electron chi connectivity index (χ0n) is 18.8. The Hall–Kier alpha value is -3.20. The number of hydrogen-bond donors (Lipinski definition) is 3. The highest BCUT2D eigenvalue weighted by Crippen LogP contribution is 2.57. The van der Waals surface area contributed by atoms with Gasteiger partial charge in [-0.05, 0) is 37.1 Å². The Morgan fingerprint density at radius 1 is 1.23 bits per heavy atom. The highest BCUT2D eigenvalue weighted by molar-refractivity contribution is 6.34. The number of ether oxygens (including phenoxy) is 2. The van der Waals surface area contributed by atoms with Crippen LogP contribution < -0.4 is 20.5 Å². The van der Waals surface area contributed by atoms with Gasteiger partial charge in [0.1, 0.15) is 17.7 Å². The van der Waals surface area contributed by atoms with Crippen molar-refractivity contribution < 1.29 is 28.2 Å². The fraction of sp³-hybridized carbons (Fsp3) is 0.269. The average Bonchev–Trinajstić information content (AvgIpc) is 3.48. The Morgan fingerprint density at radius 2 is 1.97 bits per heavy atom. The van der Waals surface area contributed by atoms with Crippen LogP contribution in [0.5, 0.6) is 11.5 Å². The van der Waals surface area contributed by atoms with Gasteiger partial charge in [-0.2, -0.15) is 0 Å². The average molecular weight is 501 g/mol. The summed E-state index contributed by atoms with van der Waals surface area (Å²) in [6, 6.07) is 12.4. The van der Waals surface area contributed by atoms with Gasteiger partial charge in [0, 0.05) is 22.8 Å². The molecule has 3 atom stereocenters. The number of methoxy groups -OCH3 is 1. The predicted octanol–water partition coefficient (Wildman–Crippen LogP) is 4.47. The molecule has 6 nitrogen and oxygen atoms in total. The van der Waals surface area contributed by atoms with Crippen LogP contribution in [0, 0.1) is 11.6 Å². The molecule has 5 rings (SSSR count).